The Hall–Kier alpha value is -2.28. The molecule has 156 valence electrons. The van der Waals surface area contributed by atoms with Crippen LogP contribution in [-0.4, -0.2) is 67.2 Å². The van der Waals surface area contributed by atoms with Crippen LogP contribution >= 0.6 is 0 Å². The van der Waals surface area contributed by atoms with Crippen molar-refractivity contribution in [3.05, 3.63) is 35.4 Å². The number of nitrogens with one attached hydrogen (secondary N) is 2. The van der Waals surface area contributed by atoms with Crippen molar-refractivity contribution in [1.29, 1.82) is 0 Å². The number of guanidine groups is 1. The van der Waals surface area contributed by atoms with Crippen LogP contribution in [0.25, 0.3) is 0 Å². The molecule has 1 aromatic carbocycles. The normalized spacial score (nSPS) is 15.4. The van der Waals surface area contributed by atoms with Crippen LogP contribution in [0.15, 0.2) is 29.3 Å². The van der Waals surface area contributed by atoms with Gasteiger partial charge >= 0.3 is 6.09 Å². The minimum Gasteiger partial charge on any atom is -0.444 e. The number of rotatable bonds is 6. The molecule has 1 aromatic rings. The number of aliphatic imine (C=N–C) groups is 1. The molecule has 2 rings (SSSR count). The first-order valence-electron chi connectivity index (χ1n) is 9.91. The van der Waals surface area contributed by atoms with Gasteiger partial charge in [0.15, 0.2) is 5.96 Å². The predicted octanol–water partition coefficient (Wildman–Crippen LogP) is 2.42. The maximum Gasteiger partial charge on any atom is 0.410 e. The molecular weight excluding hydrogens is 354 g/mol. The van der Waals surface area contributed by atoms with Crippen molar-refractivity contribution < 1.29 is 9.53 Å². The molecule has 1 fully saturated rings. The lowest BCUT2D eigenvalue weighted by atomic mass is 10.1. The molecule has 0 atom stereocenters. The van der Waals surface area contributed by atoms with Crippen LogP contribution in [-0.2, 0) is 17.8 Å². The third-order valence-corrected chi connectivity index (χ3v) is 4.13. The molecular formula is C21H35N5O2. The molecule has 7 nitrogen and oxygen atoms in total. The van der Waals surface area contributed by atoms with Crippen molar-refractivity contribution in [3.63, 3.8) is 0 Å². The van der Waals surface area contributed by atoms with Gasteiger partial charge in [-0.05, 0) is 52.9 Å². The Morgan fingerprint density at radius 3 is 2.57 bits per heavy atom. The van der Waals surface area contributed by atoms with E-state index in [1.54, 1.807) is 4.90 Å². The van der Waals surface area contributed by atoms with E-state index in [9.17, 15) is 4.79 Å². The molecule has 0 saturated carbocycles. The molecule has 1 aliphatic heterocycles. The van der Waals surface area contributed by atoms with Crippen LogP contribution in [0, 0.1) is 0 Å². The molecule has 1 amide bonds. The van der Waals surface area contributed by atoms with Crippen molar-refractivity contribution in [2.45, 2.75) is 52.4 Å². The highest BCUT2D eigenvalue weighted by Gasteiger charge is 2.34. The molecule has 2 N–H and O–H groups in total. The summed E-state index contributed by atoms with van der Waals surface area (Å²) in [5.74, 6) is 0.773. The van der Waals surface area contributed by atoms with Crippen molar-refractivity contribution in [2.75, 3.05) is 33.7 Å². The molecule has 0 unspecified atom stereocenters. The quantitative estimate of drug-likeness (QED) is 0.578. The number of likely N-dealkylation sites (tertiary alicyclic amines) is 1. The van der Waals surface area contributed by atoms with E-state index in [0.29, 0.717) is 19.6 Å². The maximum absolute atomic E-state index is 12.0. The first kappa shape index (κ1) is 22.0. The molecule has 0 radical (unpaired) electrons. The van der Waals surface area contributed by atoms with E-state index in [2.05, 4.69) is 53.9 Å². The van der Waals surface area contributed by atoms with Gasteiger partial charge in [0.2, 0.25) is 0 Å². The Morgan fingerprint density at radius 2 is 1.96 bits per heavy atom. The summed E-state index contributed by atoms with van der Waals surface area (Å²) in [4.78, 5) is 20.6. The van der Waals surface area contributed by atoms with Crippen LogP contribution in [0.5, 0.6) is 0 Å². The number of hydrogen-bond acceptors (Lipinski definition) is 4. The Morgan fingerprint density at radius 1 is 1.29 bits per heavy atom. The van der Waals surface area contributed by atoms with E-state index in [-0.39, 0.29) is 12.1 Å². The molecule has 0 aromatic heterocycles. The number of nitrogens with zero attached hydrogens (tertiary/aromatic N) is 3. The Kier molecular flexibility index (Phi) is 7.69. The van der Waals surface area contributed by atoms with Gasteiger partial charge in [-0.2, -0.15) is 0 Å². The number of hydrogen-bond donors (Lipinski definition) is 2. The second kappa shape index (κ2) is 9.78. The predicted molar refractivity (Wildman–Crippen MR) is 113 cm³/mol. The standard InChI is InChI=1S/C21H35N5O2/c1-7-22-19(23-12-16-9-8-10-17(11-16)13-25(5)6)24-18-14-26(15-18)20(27)28-21(2,3)4/h8-11,18H,7,12-15H2,1-6H3,(H2,22,23,24). The summed E-state index contributed by atoms with van der Waals surface area (Å²) in [7, 11) is 4.13. The maximum atomic E-state index is 12.0. The fraction of sp³-hybridized carbons (Fsp3) is 0.619. The van der Waals surface area contributed by atoms with E-state index < -0.39 is 5.60 Å². The largest absolute Gasteiger partial charge is 0.444 e. The van der Waals surface area contributed by atoms with Gasteiger partial charge in [-0.15, -0.1) is 0 Å². The molecule has 0 bridgehead atoms. The first-order chi connectivity index (χ1) is 13.2. The van der Waals surface area contributed by atoms with E-state index in [1.165, 1.54) is 11.1 Å². The zero-order valence-corrected chi connectivity index (χ0v) is 18.1. The lowest BCUT2D eigenvalue weighted by Gasteiger charge is -2.40. The monoisotopic (exact) mass is 389 g/mol. The van der Waals surface area contributed by atoms with Gasteiger partial charge in [-0.1, -0.05) is 24.3 Å². The lowest BCUT2D eigenvalue weighted by molar-refractivity contribution is 0.00701. The molecule has 0 aliphatic carbocycles. The summed E-state index contributed by atoms with van der Waals surface area (Å²) in [5, 5.41) is 6.68. The highest BCUT2D eigenvalue weighted by atomic mass is 16.6. The smallest absolute Gasteiger partial charge is 0.410 e. The summed E-state index contributed by atoms with van der Waals surface area (Å²) < 4.78 is 5.40. The zero-order valence-electron chi connectivity index (χ0n) is 18.1. The fourth-order valence-electron chi connectivity index (χ4n) is 2.92. The second-order valence-corrected chi connectivity index (χ2v) is 8.48. The van der Waals surface area contributed by atoms with Gasteiger partial charge in [0.25, 0.3) is 0 Å². The van der Waals surface area contributed by atoms with E-state index in [0.717, 1.165) is 19.0 Å². The van der Waals surface area contributed by atoms with Crippen molar-refractivity contribution in [3.8, 4) is 0 Å². The Bertz CT molecular complexity index is 676. The molecule has 28 heavy (non-hydrogen) atoms. The van der Waals surface area contributed by atoms with E-state index in [4.69, 9.17) is 9.73 Å². The Balaban J connectivity index is 1.88. The minimum atomic E-state index is -0.465. The Labute approximate surface area is 169 Å². The number of carbonyl (C=O) groups is 1. The summed E-state index contributed by atoms with van der Waals surface area (Å²) >= 11 is 0. The molecule has 1 heterocycles. The third kappa shape index (κ3) is 7.38. The van der Waals surface area contributed by atoms with Crippen LogP contribution in [0.1, 0.15) is 38.8 Å². The van der Waals surface area contributed by atoms with Gasteiger partial charge in [0.05, 0.1) is 12.6 Å². The summed E-state index contributed by atoms with van der Waals surface area (Å²) in [6, 6.07) is 8.69. The third-order valence-electron chi connectivity index (χ3n) is 4.13. The number of carbonyl (C=O) groups excluding carboxylic acids is 1. The highest BCUT2D eigenvalue weighted by Crippen LogP contribution is 2.15. The first-order valence-corrected chi connectivity index (χ1v) is 9.91. The van der Waals surface area contributed by atoms with Gasteiger partial charge in [0, 0.05) is 26.2 Å². The van der Waals surface area contributed by atoms with Crippen molar-refractivity contribution in [2.24, 2.45) is 4.99 Å². The van der Waals surface area contributed by atoms with Gasteiger partial charge < -0.3 is 25.2 Å². The zero-order chi connectivity index (χ0) is 20.7. The van der Waals surface area contributed by atoms with Crippen molar-refractivity contribution in [1.82, 2.24) is 20.4 Å². The molecule has 1 saturated heterocycles. The topological polar surface area (TPSA) is 69.2 Å². The number of benzene rings is 1. The van der Waals surface area contributed by atoms with Crippen LogP contribution in [0.3, 0.4) is 0 Å². The molecule has 1 aliphatic rings. The van der Waals surface area contributed by atoms with Gasteiger partial charge in [-0.25, -0.2) is 9.79 Å². The lowest BCUT2D eigenvalue weighted by Crippen LogP contribution is -2.63. The van der Waals surface area contributed by atoms with E-state index >= 15 is 0 Å². The minimum absolute atomic E-state index is 0.186. The van der Waals surface area contributed by atoms with Gasteiger partial charge in [-0.3, -0.25) is 0 Å². The second-order valence-electron chi connectivity index (χ2n) is 8.48. The summed E-state index contributed by atoms with van der Waals surface area (Å²) in [5.41, 5.74) is 2.00. The fourth-order valence-corrected chi connectivity index (χ4v) is 2.92. The highest BCUT2D eigenvalue weighted by molar-refractivity contribution is 5.80. The summed E-state index contributed by atoms with van der Waals surface area (Å²) in [6.07, 6.45) is -0.259. The number of amides is 1. The average molecular weight is 390 g/mol. The molecule has 7 heteroatoms. The van der Waals surface area contributed by atoms with Crippen LogP contribution in [0.2, 0.25) is 0 Å². The van der Waals surface area contributed by atoms with E-state index in [1.807, 2.05) is 27.7 Å². The van der Waals surface area contributed by atoms with Crippen LogP contribution < -0.4 is 10.6 Å². The summed E-state index contributed by atoms with van der Waals surface area (Å²) in [6.45, 7) is 11.2. The number of ether oxygens (including phenoxy) is 1. The SMILES string of the molecule is CCNC(=NCc1cccc(CN(C)C)c1)NC1CN(C(=O)OC(C)(C)C)C1. The molecule has 0 spiro atoms. The van der Waals surface area contributed by atoms with Crippen LogP contribution in [0.4, 0.5) is 4.79 Å². The van der Waals surface area contributed by atoms with Crippen molar-refractivity contribution >= 4 is 12.1 Å². The van der Waals surface area contributed by atoms with Gasteiger partial charge in [0.1, 0.15) is 5.60 Å². The average Bonchev–Trinajstić information content (AvgIpc) is 2.53.